The van der Waals surface area contributed by atoms with Gasteiger partial charge in [0.25, 0.3) is 0 Å². The van der Waals surface area contributed by atoms with Gasteiger partial charge in [-0.15, -0.1) is 0 Å². The topological polar surface area (TPSA) is 77.0 Å². The molecule has 2 aliphatic rings. The van der Waals surface area contributed by atoms with Crippen LogP contribution in [0.2, 0.25) is 0 Å². The average Bonchev–Trinajstić information content (AvgIpc) is 3.20. The lowest BCUT2D eigenvalue weighted by atomic mass is 9.81. The molecule has 3 rings (SSSR count). The molecule has 0 aromatic carbocycles. The summed E-state index contributed by atoms with van der Waals surface area (Å²) in [5.74, 6) is 1.02. The molecular formula is C23H39BN4O4. The highest BCUT2D eigenvalue weighted by Gasteiger charge is 2.52. The van der Waals surface area contributed by atoms with Gasteiger partial charge in [-0.3, -0.25) is 0 Å². The summed E-state index contributed by atoms with van der Waals surface area (Å²) in [4.78, 5) is 25.7. The SMILES string of the molecule is CC(C)N(CC1CCN(C(=O)OC(C)(C)C)C1)c1ncc(B2OC(C)(C)C(C)(C)O2)cn1. The minimum absolute atomic E-state index is 0.230. The Morgan fingerprint density at radius 2 is 1.78 bits per heavy atom. The highest BCUT2D eigenvalue weighted by Crippen LogP contribution is 2.36. The van der Waals surface area contributed by atoms with Gasteiger partial charge in [-0.05, 0) is 74.7 Å². The van der Waals surface area contributed by atoms with Crippen molar-refractivity contribution in [3.05, 3.63) is 12.4 Å². The Labute approximate surface area is 193 Å². The van der Waals surface area contributed by atoms with E-state index in [1.807, 2.05) is 48.5 Å². The van der Waals surface area contributed by atoms with Crippen molar-refractivity contribution in [2.24, 2.45) is 5.92 Å². The predicted octanol–water partition coefficient (Wildman–Crippen LogP) is 3.25. The number of carbonyl (C=O) groups is 1. The smallest absolute Gasteiger partial charge is 0.444 e. The summed E-state index contributed by atoms with van der Waals surface area (Å²) in [5.41, 5.74) is -0.467. The molecule has 0 aliphatic carbocycles. The van der Waals surface area contributed by atoms with E-state index in [0.29, 0.717) is 25.0 Å². The molecule has 3 heterocycles. The van der Waals surface area contributed by atoms with Gasteiger partial charge in [-0.1, -0.05) is 0 Å². The summed E-state index contributed by atoms with van der Waals surface area (Å²) < 4.78 is 17.7. The van der Waals surface area contributed by atoms with Crippen LogP contribution in [0.1, 0.15) is 68.7 Å². The molecule has 32 heavy (non-hydrogen) atoms. The van der Waals surface area contributed by atoms with Gasteiger partial charge in [-0.25, -0.2) is 14.8 Å². The fraction of sp³-hybridized carbons (Fsp3) is 0.783. The molecule has 0 radical (unpaired) electrons. The van der Waals surface area contributed by atoms with Crippen molar-refractivity contribution in [3.8, 4) is 0 Å². The zero-order chi connectivity index (χ0) is 23.9. The monoisotopic (exact) mass is 446 g/mol. The van der Waals surface area contributed by atoms with Gasteiger partial charge < -0.3 is 23.8 Å². The summed E-state index contributed by atoms with van der Waals surface area (Å²) in [6, 6.07) is 0.230. The lowest BCUT2D eigenvalue weighted by Crippen LogP contribution is -2.41. The molecule has 1 amide bonds. The Kier molecular flexibility index (Phi) is 6.83. The van der Waals surface area contributed by atoms with E-state index in [9.17, 15) is 4.79 Å². The van der Waals surface area contributed by atoms with Crippen LogP contribution in [0.3, 0.4) is 0 Å². The number of hydrogen-bond donors (Lipinski definition) is 0. The molecule has 2 saturated heterocycles. The molecule has 1 aromatic rings. The quantitative estimate of drug-likeness (QED) is 0.643. The van der Waals surface area contributed by atoms with Crippen LogP contribution >= 0.6 is 0 Å². The van der Waals surface area contributed by atoms with Gasteiger partial charge in [-0.2, -0.15) is 0 Å². The molecule has 2 fully saturated rings. The van der Waals surface area contributed by atoms with E-state index in [-0.39, 0.29) is 12.1 Å². The molecule has 0 spiro atoms. The number of anilines is 1. The molecule has 9 heteroatoms. The van der Waals surface area contributed by atoms with E-state index >= 15 is 0 Å². The lowest BCUT2D eigenvalue weighted by Gasteiger charge is -2.32. The van der Waals surface area contributed by atoms with Crippen LogP contribution in [0.4, 0.5) is 10.7 Å². The first-order valence-corrected chi connectivity index (χ1v) is 11.6. The molecule has 178 valence electrons. The van der Waals surface area contributed by atoms with Crippen molar-refractivity contribution >= 4 is 24.6 Å². The van der Waals surface area contributed by atoms with Gasteiger partial charge in [0.05, 0.1) is 11.2 Å². The van der Waals surface area contributed by atoms with Gasteiger partial charge in [0.1, 0.15) is 5.60 Å². The maximum Gasteiger partial charge on any atom is 0.498 e. The molecule has 1 unspecified atom stereocenters. The zero-order valence-electron chi connectivity index (χ0n) is 21.1. The minimum Gasteiger partial charge on any atom is -0.444 e. The van der Waals surface area contributed by atoms with Crippen molar-refractivity contribution in [2.45, 2.75) is 91.6 Å². The predicted molar refractivity (Wildman–Crippen MR) is 126 cm³/mol. The molecule has 1 aromatic heterocycles. The van der Waals surface area contributed by atoms with E-state index < -0.39 is 23.9 Å². The summed E-state index contributed by atoms with van der Waals surface area (Å²) in [7, 11) is -0.473. The molecule has 0 N–H and O–H groups in total. The van der Waals surface area contributed by atoms with E-state index in [4.69, 9.17) is 14.0 Å². The van der Waals surface area contributed by atoms with Crippen molar-refractivity contribution in [1.29, 1.82) is 0 Å². The molecular weight excluding hydrogens is 407 g/mol. The number of carbonyl (C=O) groups excluding carboxylic acids is 1. The van der Waals surface area contributed by atoms with Gasteiger partial charge in [0.15, 0.2) is 0 Å². The number of likely N-dealkylation sites (tertiary alicyclic amines) is 1. The van der Waals surface area contributed by atoms with Crippen molar-refractivity contribution < 1.29 is 18.8 Å². The van der Waals surface area contributed by atoms with Crippen LogP contribution in [-0.2, 0) is 14.0 Å². The molecule has 1 atom stereocenters. The van der Waals surface area contributed by atoms with E-state index in [0.717, 1.165) is 18.4 Å². The van der Waals surface area contributed by atoms with E-state index in [1.54, 1.807) is 17.3 Å². The van der Waals surface area contributed by atoms with Crippen molar-refractivity contribution in [1.82, 2.24) is 14.9 Å². The Morgan fingerprint density at radius 1 is 1.22 bits per heavy atom. The number of aromatic nitrogens is 2. The highest BCUT2D eigenvalue weighted by molar-refractivity contribution is 6.61. The van der Waals surface area contributed by atoms with Gasteiger partial charge >= 0.3 is 13.2 Å². The first-order valence-electron chi connectivity index (χ1n) is 11.6. The first-order chi connectivity index (χ1) is 14.7. The maximum atomic E-state index is 12.4. The third kappa shape index (κ3) is 5.54. The van der Waals surface area contributed by atoms with Crippen LogP contribution < -0.4 is 10.4 Å². The Bertz CT molecular complexity index is 791. The number of ether oxygens (including phenoxy) is 1. The Morgan fingerprint density at radius 3 is 2.28 bits per heavy atom. The van der Waals surface area contributed by atoms with Crippen LogP contribution in [0.5, 0.6) is 0 Å². The van der Waals surface area contributed by atoms with E-state index in [1.165, 1.54) is 0 Å². The standard InChI is InChI=1S/C23H39BN4O4/c1-16(2)28(15-17-10-11-27(14-17)20(29)30-21(3,4)5)19-25-12-18(13-26-19)24-31-22(6,7)23(8,9)32-24/h12-13,16-17H,10-11,14-15H2,1-9H3. The average molecular weight is 446 g/mol. The lowest BCUT2D eigenvalue weighted by molar-refractivity contribution is 0.00578. The van der Waals surface area contributed by atoms with Crippen LogP contribution in [-0.4, -0.2) is 70.6 Å². The Hall–Kier alpha value is -1.87. The number of amides is 1. The summed E-state index contributed by atoms with van der Waals surface area (Å²) in [5, 5.41) is 0. The minimum atomic E-state index is -0.480. The van der Waals surface area contributed by atoms with Crippen LogP contribution in [0.25, 0.3) is 0 Å². The second-order valence-corrected chi connectivity index (χ2v) is 11.2. The fourth-order valence-corrected chi connectivity index (χ4v) is 3.86. The van der Waals surface area contributed by atoms with Crippen molar-refractivity contribution in [2.75, 3.05) is 24.5 Å². The molecule has 0 saturated carbocycles. The Balaban J connectivity index is 1.64. The second kappa shape index (κ2) is 8.82. The third-order valence-corrected chi connectivity index (χ3v) is 6.46. The molecule has 8 nitrogen and oxygen atoms in total. The number of rotatable bonds is 5. The fourth-order valence-electron chi connectivity index (χ4n) is 3.86. The molecule has 0 bridgehead atoms. The van der Waals surface area contributed by atoms with Gasteiger partial charge in [0.2, 0.25) is 5.95 Å². The third-order valence-electron chi connectivity index (χ3n) is 6.46. The maximum absolute atomic E-state index is 12.4. The largest absolute Gasteiger partial charge is 0.498 e. The van der Waals surface area contributed by atoms with Crippen molar-refractivity contribution in [3.63, 3.8) is 0 Å². The summed E-state index contributed by atoms with van der Waals surface area (Å²) in [6.07, 6.45) is 4.29. The van der Waals surface area contributed by atoms with E-state index in [2.05, 4.69) is 28.7 Å². The highest BCUT2D eigenvalue weighted by atomic mass is 16.7. The summed E-state index contributed by atoms with van der Waals surface area (Å²) >= 11 is 0. The van der Waals surface area contributed by atoms with Gasteiger partial charge in [0, 0.05) is 43.5 Å². The second-order valence-electron chi connectivity index (χ2n) is 11.2. The van der Waals surface area contributed by atoms with Crippen LogP contribution in [0.15, 0.2) is 12.4 Å². The zero-order valence-corrected chi connectivity index (χ0v) is 21.1. The molecule has 2 aliphatic heterocycles. The number of nitrogens with zero attached hydrogens (tertiary/aromatic N) is 4. The number of hydrogen-bond acceptors (Lipinski definition) is 7. The van der Waals surface area contributed by atoms with Crippen LogP contribution in [0, 0.1) is 5.92 Å². The first kappa shape index (κ1) is 24.8. The summed E-state index contributed by atoms with van der Waals surface area (Å²) in [6.45, 7) is 20.3. The normalized spacial score (nSPS) is 22.5.